The van der Waals surface area contributed by atoms with Crippen LogP contribution < -0.4 is 9.47 Å². The third-order valence-electron chi connectivity index (χ3n) is 3.46. The van der Waals surface area contributed by atoms with E-state index in [9.17, 15) is 15.1 Å². The van der Waals surface area contributed by atoms with Gasteiger partial charge >= 0.3 is 5.97 Å². The molecule has 0 spiro atoms. The molecule has 2 rings (SSSR count). The molecule has 0 atom stereocenters. The van der Waals surface area contributed by atoms with Gasteiger partial charge in [-0.05, 0) is 23.8 Å². The predicted octanol–water partition coefficient (Wildman–Crippen LogP) is 2.27. The van der Waals surface area contributed by atoms with Gasteiger partial charge in [-0.25, -0.2) is 4.79 Å². The Kier molecular flexibility index (Phi) is 6.80. The number of rotatable bonds is 7. The molecule has 1 heterocycles. The van der Waals surface area contributed by atoms with Gasteiger partial charge < -0.3 is 19.8 Å². The molecule has 132 valence electrons. The third kappa shape index (κ3) is 5.20. The maximum atomic E-state index is 12.3. The number of hydrogen-bond acceptors (Lipinski definition) is 5. The van der Waals surface area contributed by atoms with E-state index in [1.54, 1.807) is 18.2 Å². The molecule has 7 heteroatoms. The van der Waals surface area contributed by atoms with Crippen LogP contribution in [0.15, 0.2) is 42.5 Å². The number of aliphatic hydroxyl groups is 1. The van der Waals surface area contributed by atoms with Crippen LogP contribution in [0.5, 0.6) is 5.75 Å². The lowest BCUT2D eigenvalue weighted by atomic mass is 10.2. The minimum atomic E-state index is -0.596. The number of halogens is 1. The molecule has 0 unspecified atom stereocenters. The molecule has 1 aromatic carbocycles. The molecule has 0 fully saturated rings. The number of aliphatic hydroxyl groups excluding tert-OH is 1. The van der Waals surface area contributed by atoms with Gasteiger partial charge in [0.2, 0.25) is 5.69 Å². The molecule has 6 nitrogen and oxygen atoms in total. The van der Waals surface area contributed by atoms with E-state index in [2.05, 4.69) is 4.74 Å². The molecule has 25 heavy (non-hydrogen) atoms. The molecule has 0 saturated carbocycles. The molecule has 0 radical (unpaired) electrons. The standard InChI is InChI=1S/C18H18ClNO5/c1-24-18(22)9-7-16-17(8-6-15(12-21)20(16)23)25-11-10-13-2-4-14(19)5-3-13/h2-9,21H,10-12H2,1H3/b9-7+. The average Bonchev–Trinajstić information content (AvgIpc) is 2.62. The zero-order chi connectivity index (χ0) is 18.2. The Hall–Kier alpha value is -2.57. The molecular weight excluding hydrogens is 346 g/mol. The van der Waals surface area contributed by atoms with E-state index in [0.29, 0.717) is 28.5 Å². The van der Waals surface area contributed by atoms with Crippen molar-refractivity contribution in [2.45, 2.75) is 13.0 Å². The number of ether oxygens (including phenoxy) is 2. The zero-order valence-electron chi connectivity index (χ0n) is 13.6. The normalized spacial score (nSPS) is 10.8. The number of benzene rings is 1. The van der Waals surface area contributed by atoms with Gasteiger partial charge in [0.25, 0.3) is 5.69 Å². The highest BCUT2D eigenvalue weighted by atomic mass is 35.5. The highest BCUT2D eigenvalue weighted by molar-refractivity contribution is 6.30. The number of carbonyl (C=O) groups is 1. The molecule has 2 aromatic rings. The fourth-order valence-corrected chi connectivity index (χ4v) is 2.24. The van der Waals surface area contributed by atoms with Gasteiger partial charge in [0.1, 0.15) is 6.61 Å². The summed E-state index contributed by atoms with van der Waals surface area (Å²) in [7, 11) is 1.24. The highest BCUT2D eigenvalue weighted by Crippen LogP contribution is 2.18. The predicted molar refractivity (Wildman–Crippen MR) is 93.0 cm³/mol. The van der Waals surface area contributed by atoms with E-state index in [4.69, 9.17) is 16.3 Å². The summed E-state index contributed by atoms with van der Waals surface area (Å²) in [4.78, 5) is 11.3. The number of aromatic nitrogens is 1. The molecular formula is C18H18ClNO5. The molecule has 0 bridgehead atoms. The van der Waals surface area contributed by atoms with Crippen LogP contribution in [-0.4, -0.2) is 24.8 Å². The van der Waals surface area contributed by atoms with Crippen molar-refractivity contribution in [1.29, 1.82) is 0 Å². The third-order valence-corrected chi connectivity index (χ3v) is 3.71. The van der Waals surface area contributed by atoms with Crippen molar-refractivity contribution in [1.82, 2.24) is 0 Å². The number of methoxy groups -OCH3 is 1. The van der Waals surface area contributed by atoms with Crippen molar-refractivity contribution in [3.8, 4) is 5.75 Å². The van der Waals surface area contributed by atoms with Gasteiger partial charge in [0.15, 0.2) is 5.75 Å². The first-order valence-electron chi connectivity index (χ1n) is 7.54. The van der Waals surface area contributed by atoms with Crippen molar-refractivity contribution in [3.05, 3.63) is 69.7 Å². The molecule has 1 N–H and O–H groups in total. The van der Waals surface area contributed by atoms with Crippen LogP contribution in [0.1, 0.15) is 17.0 Å². The van der Waals surface area contributed by atoms with Crippen LogP contribution in [0.2, 0.25) is 5.02 Å². The Bertz CT molecular complexity index is 759. The molecule has 1 aromatic heterocycles. The fraction of sp³-hybridized carbons (Fsp3) is 0.222. The van der Waals surface area contributed by atoms with Gasteiger partial charge in [-0.3, -0.25) is 0 Å². The van der Waals surface area contributed by atoms with E-state index >= 15 is 0 Å². The van der Waals surface area contributed by atoms with E-state index in [-0.39, 0.29) is 11.4 Å². The Morgan fingerprint density at radius 1 is 1.28 bits per heavy atom. The second kappa shape index (κ2) is 9.05. The summed E-state index contributed by atoms with van der Waals surface area (Å²) in [5, 5.41) is 22.1. The molecule has 0 amide bonds. The Balaban J connectivity index is 2.15. The number of carbonyl (C=O) groups excluding carboxylic acids is 1. The van der Waals surface area contributed by atoms with Gasteiger partial charge in [-0.15, -0.1) is 0 Å². The lowest BCUT2D eigenvalue weighted by molar-refractivity contribution is -0.618. The maximum absolute atomic E-state index is 12.3. The van der Waals surface area contributed by atoms with Gasteiger partial charge in [-0.1, -0.05) is 23.7 Å². The Morgan fingerprint density at radius 2 is 2.00 bits per heavy atom. The minimum Gasteiger partial charge on any atom is -0.618 e. The average molecular weight is 364 g/mol. The lowest BCUT2D eigenvalue weighted by Gasteiger charge is -2.11. The second-order valence-electron chi connectivity index (χ2n) is 5.11. The van der Waals surface area contributed by atoms with Crippen LogP contribution in [-0.2, 0) is 22.6 Å². The number of esters is 1. The SMILES string of the molecule is COC(=O)/C=C/c1c(OCCc2ccc(Cl)cc2)ccc(CO)[n+]1[O-]. The Labute approximate surface area is 150 Å². The van der Waals surface area contributed by atoms with Crippen LogP contribution in [0.3, 0.4) is 0 Å². The first kappa shape index (κ1) is 18.8. The Morgan fingerprint density at radius 3 is 2.64 bits per heavy atom. The van der Waals surface area contributed by atoms with Crippen LogP contribution in [0, 0.1) is 5.21 Å². The number of pyridine rings is 1. The quantitative estimate of drug-likeness (QED) is 0.353. The second-order valence-corrected chi connectivity index (χ2v) is 5.54. The molecule has 0 aliphatic heterocycles. The first-order valence-corrected chi connectivity index (χ1v) is 7.92. The lowest BCUT2D eigenvalue weighted by Crippen LogP contribution is -2.36. The zero-order valence-corrected chi connectivity index (χ0v) is 14.4. The number of hydrogen-bond donors (Lipinski definition) is 1. The fourth-order valence-electron chi connectivity index (χ4n) is 2.11. The minimum absolute atomic E-state index is 0.119. The van der Waals surface area contributed by atoms with Gasteiger partial charge in [0.05, 0.1) is 13.7 Å². The van der Waals surface area contributed by atoms with Gasteiger partial charge in [0, 0.05) is 29.7 Å². The summed E-state index contributed by atoms with van der Waals surface area (Å²) >= 11 is 5.85. The van der Waals surface area contributed by atoms with E-state index in [1.807, 2.05) is 12.1 Å². The van der Waals surface area contributed by atoms with Crippen molar-refractivity contribution in [2.75, 3.05) is 13.7 Å². The summed E-state index contributed by atoms with van der Waals surface area (Å²) in [5.41, 5.74) is 1.31. The van der Waals surface area contributed by atoms with E-state index in [0.717, 1.165) is 11.6 Å². The maximum Gasteiger partial charge on any atom is 0.330 e. The van der Waals surface area contributed by atoms with Crippen molar-refractivity contribution >= 4 is 23.6 Å². The summed E-state index contributed by atoms with van der Waals surface area (Å²) in [6.07, 6.45) is 3.05. The summed E-state index contributed by atoms with van der Waals surface area (Å²) in [6.45, 7) is -0.0905. The summed E-state index contributed by atoms with van der Waals surface area (Å²) in [5.74, 6) is -0.289. The van der Waals surface area contributed by atoms with Crippen molar-refractivity contribution in [3.63, 3.8) is 0 Å². The number of nitrogens with zero attached hydrogens (tertiary/aromatic N) is 1. The summed E-state index contributed by atoms with van der Waals surface area (Å²) < 4.78 is 10.7. The monoisotopic (exact) mass is 363 g/mol. The molecule has 0 aliphatic rings. The van der Waals surface area contributed by atoms with E-state index in [1.165, 1.54) is 19.3 Å². The highest BCUT2D eigenvalue weighted by Gasteiger charge is 2.16. The molecule has 0 saturated heterocycles. The smallest absolute Gasteiger partial charge is 0.330 e. The van der Waals surface area contributed by atoms with E-state index < -0.39 is 12.6 Å². The van der Waals surface area contributed by atoms with Crippen molar-refractivity contribution in [2.24, 2.45) is 0 Å². The topological polar surface area (TPSA) is 82.7 Å². The van der Waals surface area contributed by atoms with Crippen LogP contribution in [0.4, 0.5) is 0 Å². The van der Waals surface area contributed by atoms with Gasteiger partial charge in [-0.2, -0.15) is 4.73 Å². The van der Waals surface area contributed by atoms with Crippen molar-refractivity contribution < 1.29 is 24.1 Å². The van der Waals surface area contributed by atoms with Crippen LogP contribution >= 0.6 is 11.6 Å². The summed E-state index contributed by atoms with van der Waals surface area (Å²) in [6, 6.07) is 10.4. The molecule has 0 aliphatic carbocycles. The van der Waals surface area contributed by atoms with Crippen LogP contribution in [0.25, 0.3) is 6.08 Å². The first-order chi connectivity index (χ1) is 12.0. The largest absolute Gasteiger partial charge is 0.618 e.